The number of rotatable bonds is 7. The summed E-state index contributed by atoms with van der Waals surface area (Å²) < 4.78 is 21.4. The first-order chi connectivity index (χ1) is 10.1. The molecule has 0 radical (unpaired) electrons. The van der Waals surface area contributed by atoms with E-state index < -0.39 is 0 Å². The Morgan fingerprint density at radius 1 is 1.38 bits per heavy atom. The molecule has 0 atom stereocenters. The van der Waals surface area contributed by atoms with Crippen LogP contribution in [-0.4, -0.2) is 21.8 Å². The molecular weight excluding hydrogens is 271 g/mol. The molecule has 0 bridgehead atoms. The second-order valence-electron chi connectivity index (χ2n) is 5.30. The van der Waals surface area contributed by atoms with Gasteiger partial charge in [-0.3, -0.25) is 0 Å². The van der Waals surface area contributed by atoms with Gasteiger partial charge in [0, 0.05) is 18.7 Å². The van der Waals surface area contributed by atoms with Crippen LogP contribution in [0, 0.1) is 11.7 Å². The Kier molecular flexibility index (Phi) is 5.27. The van der Waals surface area contributed by atoms with Gasteiger partial charge in [-0.1, -0.05) is 26.0 Å². The van der Waals surface area contributed by atoms with E-state index in [0.717, 1.165) is 12.1 Å². The van der Waals surface area contributed by atoms with Crippen LogP contribution in [0.15, 0.2) is 24.5 Å². The van der Waals surface area contributed by atoms with Crippen molar-refractivity contribution >= 4 is 0 Å². The average molecular weight is 292 g/mol. The standard InChI is InChI=1S/C15H21FN4O/c1-11(2)8-20-14(18-10-19-20)9-21-15-12(7-17-3)5-4-6-13(15)16/h4-6,10-11,17H,7-9H2,1-3H3. The van der Waals surface area contributed by atoms with Gasteiger partial charge in [-0.2, -0.15) is 5.10 Å². The van der Waals surface area contributed by atoms with Crippen LogP contribution in [0.4, 0.5) is 4.39 Å². The number of nitrogens with one attached hydrogen (secondary N) is 1. The van der Waals surface area contributed by atoms with E-state index in [0.29, 0.717) is 18.3 Å². The maximum absolute atomic E-state index is 13.9. The van der Waals surface area contributed by atoms with E-state index in [2.05, 4.69) is 29.2 Å². The third kappa shape index (κ3) is 4.01. The van der Waals surface area contributed by atoms with Crippen molar-refractivity contribution in [1.29, 1.82) is 0 Å². The monoisotopic (exact) mass is 292 g/mol. The fourth-order valence-corrected chi connectivity index (χ4v) is 2.08. The van der Waals surface area contributed by atoms with Crippen molar-refractivity contribution in [3.8, 4) is 5.75 Å². The summed E-state index contributed by atoms with van der Waals surface area (Å²) in [5.41, 5.74) is 0.785. The fraction of sp³-hybridized carbons (Fsp3) is 0.467. The van der Waals surface area contributed by atoms with Crippen molar-refractivity contribution in [2.24, 2.45) is 5.92 Å². The number of aromatic nitrogens is 3. The highest BCUT2D eigenvalue weighted by molar-refractivity contribution is 5.34. The van der Waals surface area contributed by atoms with Crippen molar-refractivity contribution in [2.75, 3.05) is 7.05 Å². The highest BCUT2D eigenvalue weighted by Crippen LogP contribution is 2.23. The molecule has 0 aliphatic rings. The number of benzene rings is 1. The van der Waals surface area contributed by atoms with Crippen LogP contribution >= 0.6 is 0 Å². The highest BCUT2D eigenvalue weighted by Gasteiger charge is 2.12. The highest BCUT2D eigenvalue weighted by atomic mass is 19.1. The van der Waals surface area contributed by atoms with Crippen molar-refractivity contribution in [1.82, 2.24) is 20.1 Å². The summed E-state index contributed by atoms with van der Waals surface area (Å²) in [4.78, 5) is 4.18. The Bertz CT molecular complexity index is 583. The van der Waals surface area contributed by atoms with Crippen LogP contribution in [0.1, 0.15) is 25.2 Å². The van der Waals surface area contributed by atoms with Gasteiger partial charge < -0.3 is 10.1 Å². The van der Waals surface area contributed by atoms with Crippen LogP contribution in [0.5, 0.6) is 5.75 Å². The molecule has 0 saturated heterocycles. The van der Waals surface area contributed by atoms with E-state index in [1.807, 2.05) is 13.1 Å². The van der Waals surface area contributed by atoms with Gasteiger partial charge in [0.1, 0.15) is 12.9 Å². The second-order valence-corrected chi connectivity index (χ2v) is 5.30. The van der Waals surface area contributed by atoms with Crippen LogP contribution in [0.25, 0.3) is 0 Å². The van der Waals surface area contributed by atoms with Gasteiger partial charge in [-0.15, -0.1) is 0 Å². The molecule has 114 valence electrons. The summed E-state index contributed by atoms with van der Waals surface area (Å²) in [5, 5.41) is 7.17. The molecule has 0 amide bonds. The summed E-state index contributed by atoms with van der Waals surface area (Å²) in [6, 6.07) is 4.91. The lowest BCUT2D eigenvalue weighted by Crippen LogP contribution is -2.14. The fourth-order valence-electron chi connectivity index (χ4n) is 2.08. The predicted octanol–water partition coefficient (Wildman–Crippen LogP) is 2.37. The molecule has 2 aromatic rings. The topological polar surface area (TPSA) is 52.0 Å². The third-order valence-electron chi connectivity index (χ3n) is 3.00. The van der Waals surface area contributed by atoms with Crippen LogP contribution in [-0.2, 0) is 19.7 Å². The molecule has 0 unspecified atom stereocenters. The van der Waals surface area contributed by atoms with E-state index in [4.69, 9.17) is 4.74 Å². The smallest absolute Gasteiger partial charge is 0.165 e. The number of para-hydroxylation sites is 1. The van der Waals surface area contributed by atoms with Crippen molar-refractivity contribution in [2.45, 2.75) is 33.5 Å². The van der Waals surface area contributed by atoms with Crippen LogP contribution in [0.2, 0.25) is 0 Å². The van der Waals surface area contributed by atoms with E-state index in [9.17, 15) is 4.39 Å². The molecular formula is C15H21FN4O. The summed E-state index contributed by atoms with van der Waals surface area (Å²) in [6.07, 6.45) is 1.50. The van der Waals surface area contributed by atoms with Crippen molar-refractivity contribution < 1.29 is 9.13 Å². The van der Waals surface area contributed by atoms with Gasteiger partial charge in [0.2, 0.25) is 0 Å². The quantitative estimate of drug-likeness (QED) is 0.851. The summed E-state index contributed by atoms with van der Waals surface area (Å²) in [6.45, 7) is 5.72. The minimum atomic E-state index is -0.363. The maximum Gasteiger partial charge on any atom is 0.165 e. The first kappa shape index (κ1) is 15.4. The van der Waals surface area contributed by atoms with E-state index >= 15 is 0 Å². The molecule has 0 saturated carbocycles. The van der Waals surface area contributed by atoms with Gasteiger partial charge >= 0.3 is 0 Å². The number of halogens is 1. The minimum Gasteiger partial charge on any atom is -0.482 e. The SMILES string of the molecule is CNCc1cccc(F)c1OCc1ncnn1CC(C)C. The molecule has 0 fully saturated rings. The molecule has 6 heteroatoms. The van der Waals surface area contributed by atoms with Gasteiger partial charge in [0.25, 0.3) is 0 Å². The molecule has 1 aromatic carbocycles. The molecule has 1 N–H and O–H groups in total. The molecule has 0 spiro atoms. The Labute approximate surface area is 124 Å². The third-order valence-corrected chi connectivity index (χ3v) is 3.00. The van der Waals surface area contributed by atoms with Gasteiger partial charge in [-0.25, -0.2) is 14.1 Å². The lowest BCUT2D eigenvalue weighted by molar-refractivity contribution is 0.266. The number of ether oxygens (including phenoxy) is 1. The number of nitrogens with zero attached hydrogens (tertiary/aromatic N) is 3. The summed E-state index contributed by atoms with van der Waals surface area (Å²) in [7, 11) is 1.81. The maximum atomic E-state index is 13.9. The van der Waals surface area contributed by atoms with E-state index in [1.165, 1.54) is 12.4 Å². The van der Waals surface area contributed by atoms with Gasteiger partial charge in [0.15, 0.2) is 17.4 Å². The molecule has 1 heterocycles. The summed E-state index contributed by atoms with van der Waals surface area (Å²) >= 11 is 0. The Morgan fingerprint density at radius 2 is 2.19 bits per heavy atom. The van der Waals surface area contributed by atoms with Gasteiger partial charge in [0.05, 0.1) is 0 Å². The first-order valence-electron chi connectivity index (χ1n) is 7.03. The Morgan fingerprint density at radius 3 is 2.90 bits per heavy atom. The van der Waals surface area contributed by atoms with Gasteiger partial charge in [-0.05, 0) is 19.0 Å². The normalized spacial score (nSPS) is 11.1. The molecule has 1 aromatic heterocycles. The Balaban J connectivity index is 2.11. The molecule has 0 aliphatic heterocycles. The molecule has 5 nitrogen and oxygen atoms in total. The summed E-state index contributed by atoms with van der Waals surface area (Å²) in [5.74, 6) is 1.06. The number of hydrogen-bond donors (Lipinski definition) is 1. The van der Waals surface area contributed by atoms with Crippen LogP contribution in [0.3, 0.4) is 0 Å². The Hall–Kier alpha value is -1.95. The zero-order chi connectivity index (χ0) is 15.2. The van der Waals surface area contributed by atoms with Crippen molar-refractivity contribution in [3.63, 3.8) is 0 Å². The first-order valence-corrected chi connectivity index (χ1v) is 7.03. The average Bonchev–Trinajstić information content (AvgIpc) is 2.85. The van der Waals surface area contributed by atoms with Crippen molar-refractivity contribution in [3.05, 3.63) is 41.7 Å². The lowest BCUT2D eigenvalue weighted by atomic mass is 10.2. The second kappa shape index (κ2) is 7.17. The number of hydrogen-bond acceptors (Lipinski definition) is 4. The minimum absolute atomic E-state index is 0.199. The lowest BCUT2D eigenvalue weighted by Gasteiger charge is -2.13. The van der Waals surface area contributed by atoms with Crippen LogP contribution < -0.4 is 10.1 Å². The largest absolute Gasteiger partial charge is 0.482 e. The zero-order valence-electron chi connectivity index (χ0n) is 12.6. The zero-order valence-corrected chi connectivity index (χ0v) is 12.6. The molecule has 2 rings (SSSR count). The predicted molar refractivity (Wildman–Crippen MR) is 78.4 cm³/mol. The molecule has 0 aliphatic carbocycles. The molecule has 21 heavy (non-hydrogen) atoms. The van der Waals surface area contributed by atoms with E-state index in [-0.39, 0.29) is 18.2 Å². The van der Waals surface area contributed by atoms with E-state index in [1.54, 1.807) is 10.7 Å².